The number of aliphatic hydroxyl groups excluding tert-OH is 4. The minimum absolute atomic E-state index is 0. The minimum atomic E-state index is -2.97. The number of rotatable bonds is 18. The van der Waals surface area contributed by atoms with E-state index in [-0.39, 0.29) is 88.7 Å². The van der Waals surface area contributed by atoms with Crippen molar-refractivity contribution in [2.45, 2.75) is 120 Å². The molecule has 5 N–H and O–H groups in total. The van der Waals surface area contributed by atoms with Gasteiger partial charge in [-0.15, -0.1) is 0 Å². The van der Waals surface area contributed by atoms with Crippen LogP contribution in [0.25, 0.3) is 0 Å². The molecular formula is C24H41Na3O13. The van der Waals surface area contributed by atoms with Gasteiger partial charge in [-0.2, -0.15) is 0 Å². The average molecular weight is 607 g/mol. The smallest absolute Gasteiger partial charge is 0.550 e. The molecule has 0 aromatic carbocycles. The van der Waals surface area contributed by atoms with Gasteiger partial charge >= 0.3 is 88.7 Å². The zero-order valence-corrected chi connectivity index (χ0v) is 30.3. The Bertz CT molecular complexity index is 654. The van der Waals surface area contributed by atoms with Gasteiger partial charge in [-0.3, -0.25) is 0 Å². The van der Waals surface area contributed by atoms with Crippen molar-refractivity contribution in [1.82, 2.24) is 0 Å². The van der Waals surface area contributed by atoms with Crippen molar-refractivity contribution in [3.05, 3.63) is 0 Å². The van der Waals surface area contributed by atoms with Crippen LogP contribution < -0.4 is 104 Å². The SMILES string of the molecule is CCCCCCCCCCCCO[C@@H]1O[C@H](CO)[C@@H](O)[C@H](O)[C@H]1O.O=C([O-])CC(O)(CC(=O)[O-])C(=O)[O-].[Na+].[Na+].[Na+]. The van der Waals surface area contributed by atoms with Crippen molar-refractivity contribution in [2.24, 2.45) is 0 Å². The first-order chi connectivity index (χ1) is 17.4. The van der Waals surface area contributed by atoms with Gasteiger partial charge in [0.2, 0.25) is 0 Å². The maximum atomic E-state index is 10.1. The maximum Gasteiger partial charge on any atom is 1.00 e. The molecule has 1 fully saturated rings. The van der Waals surface area contributed by atoms with Crippen LogP contribution in [-0.4, -0.2) is 93.0 Å². The molecule has 218 valence electrons. The molecule has 5 atom stereocenters. The normalized spacial score (nSPS) is 21.9. The summed E-state index contributed by atoms with van der Waals surface area (Å²) >= 11 is 0. The van der Waals surface area contributed by atoms with Crippen LogP contribution in [0.2, 0.25) is 0 Å². The van der Waals surface area contributed by atoms with Gasteiger partial charge in [-0.25, -0.2) is 0 Å². The van der Waals surface area contributed by atoms with Crippen molar-refractivity contribution in [3.8, 4) is 0 Å². The second kappa shape index (κ2) is 27.7. The Kier molecular flexibility index (Phi) is 33.2. The predicted molar refractivity (Wildman–Crippen MR) is 121 cm³/mol. The van der Waals surface area contributed by atoms with Crippen LogP contribution in [-0.2, 0) is 23.9 Å². The van der Waals surface area contributed by atoms with E-state index in [0.29, 0.717) is 6.61 Å². The largest absolute Gasteiger partial charge is 1.00 e. The fraction of sp³-hybridized carbons (Fsp3) is 0.875. The van der Waals surface area contributed by atoms with Crippen LogP contribution in [0, 0.1) is 0 Å². The number of carbonyl (C=O) groups is 3. The van der Waals surface area contributed by atoms with Gasteiger partial charge < -0.3 is 64.7 Å². The monoisotopic (exact) mass is 606 g/mol. The second-order valence-electron chi connectivity index (χ2n) is 9.17. The number of ether oxygens (including phenoxy) is 2. The average Bonchev–Trinajstić information content (AvgIpc) is 2.81. The number of aliphatic hydroxyl groups is 5. The zero-order chi connectivity index (χ0) is 28.4. The van der Waals surface area contributed by atoms with E-state index in [1.54, 1.807) is 0 Å². The molecule has 0 aromatic rings. The fourth-order valence-electron chi connectivity index (χ4n) is 3.68. The van der Waals surface area contributed by atoms with E-state index in [1.165, 1.54) is 51.4 Å². The first-order valence-electron chi connectivity index (χ1n) is 12.6. The molecule has 1 aliphatic rings. The number of carboxylic acids is 3. The molecule has 1 heterocycles. The second-order valence-corrected chi connectivity index (χ2v) is 9.17. The number of unbranched alkanes of at least 4 members (excludes halogenated alkanes) is 9. The molecule has 40 heavy (non-hydrogen) atoms. The summed E-state index contributed by atoms with van der Waals surface area (Å²) in [6, 6.07) is 0. The molecule has 0 bridgehead atoms. The summed E-state index contributed by atoms with van der Waals surface area (Å²) in [4.78, 5) is 30.0. The number of hydrogen-bond acceptors (Lipinski definition) is 13. The molecule has 1 rings (SSSR count). The predicted octanol–water partition coefficient (Wildman–Crippen LogP) is -12.5. The Labute approximate surface area is 301 Å². The van der Waals surface area contributed by atoms with Crippen molar-refractivity contribution in [2.75, 3.05) is 13.2 Å². The first-order valence-corrected chi connectivity index (χ1v) is 12.6. The molecule has 0 radical (unpaired) electrons. The van der Waals surface area contributed by atoms with Gasteiger partial charge in [-0.1, -0.05) is 64.7 Å². The van der Waals surface area contributed by atoms with Gasteiger partial charge in [0.1, 0.15) is 30.0 Å². The van der Waals surface area contributed by atoms with E-state index in [9.17, 15) is 45.0 Å². The third-order valence-corrected chi connectivity index (χ3v) is 5.88. The van der Waals surface area contributed by atoms with E-state index in [2.05, 4.69) is 6.92 Å². The number of aliphatic carboxylic acids is 3. The Morgan fingerprint density at radius 3 is 1.55 bits per heavy atom. The van der Waals surface area contributed by atoms with E-state index in [0.717, 1.165) is 12.8 Å². The van der Waals surface area contributed by atoms with E-state index >= 15 is 0 Å². The third kappa shape index (κ3) is 20.9. The fourth-order valence-corrected chi connectivity index (χ4v) is 3.68. The van der Waals surface area contributed by atoms with E-state index in [4.69, 9.17) is 19.7 Å². The molecule has 16 heteroatoms. The van der Waals surface area contributed by atoms with E-state index < -0.39 is 73.7 Å². The Hall–Kier alpha value is 1.13. The quantitative estimate of drug-likeness (QED) is 0.0720. The molecule has 0 aromatic heterocycles. The van der Waals surface area contributed by atoms with Crippen LogP contribution in [0.3, 0.4) is 0 Å². The van der Waals surface area contributed by atoms with Gasteiger partial charge in [0.25, 0.3) is 0 Å². The van der Waals surface area contributed by atoms with Gasteiger partial charge in [0.15, 0.2) is 6.29 Å². The van der Waals surface area contributed by atoms with Gasteiger partial charge in [0.05, 0.1) is 12.6 Å². The van der Waals surface area contributed by atoms with Crippen molar-refractivity contribution < 1.29 is 153 Å². The summed E-state index contributed by atoms with van der Waals surface area (Å²) in [5, 5.41) is 77.2. The van der Waals surface area contributed by atoms with Crippen LogP contribution >= 0.6 is 0 Å². The third-order valence-electron chi connectivity index (χ3n) is 5.88. The molecule has 1 aliphatic heterocycles. The zero-order valence-electron chi connectivity index (χ0n) is 24.3. The van der Waals surface area contributed by atoms with Crippen LogP contribution in [0.4, 0.5) is 0 Å². The summed E-state index contributed by atoms with van der Waals surface area (Å²) in [6.07, 6.45) is 3.66. The van der Waals surface area contributed by atoms with Crippen molar-refractivity contribution in [1.29, 1.82) is 0 Å². The van der Waals surface area contributed by atoms with Crippen molar-refractivity contribution in [3.63, 3.8) is 0 Å². The topological polar surface area (TPSA) is 240 Å². The summed E-state index contributed by atoms with van der Waals surface area (Å²) < 4.78 is 10.8. The Morgan fingerprint density at radius 1 is 0.750 bits per heavy atom. The first kappa shape index (κ1) is 48.0. The van der Waals surface area contributed by atoms with E-state index in [1.807, 2.05) is 0 Å². The van der Waals surface area contributed by atoms with Crippen molar-refractivity contribution >= 4 is 17.9 Å². The Morgan fingerprint density at radius 2 is 1.18 bits per heavy atom. The standard InChI is InChI=1S/C18H36O6.C6H8O7.3Na/c1-2-3-4-5-6-7-8-9-10-11-12-23-18-17(22)16(21)15(20)14(13-19)24-18;7-3(8)1-6(13,5(11)12)2-4(9)10;;;/h14-22H,2-13H2,1H3;13H,1-2H2,(H,7,8)(H,9,10)(H,11,12);;;/q;;3*+1/p-3/t14-,15-,16+,17-,18-;;;;/m1..../s1. The molecule has 0 aliphatic carbocycles. The number of hydrogen-bond donors (Lipinski definition) is 5. The van der Waals surface area contributed by atoms with Gasteiger partial charge in [-0.05, 0) is 6.42 Å². The molecule has 0 spiro atoms. The summed E-state index contributed by atoms with van der Waals surface area (Å²) in [5.74, 6) is -5.98. The molecule has 1 saturated heterocycles. The Balaban J connectivity index is -0.000000350. The molecule has 0 amide bonds. The van der Waals surface area contributed by atoms with Gasteiger partial charge in [0, 0.05) is 31.4 Å². The maximum absolute atomic E-state index is 10.1. The summed E-state index contributed by atoms with van der Waals surface area (Å²) in [6.45, 7) is 2.23. The number of carbonyl (C=O) groups excluding carboxylic acids is 3. The number of carboxylic acid groups (broad SMARTS) is 3. The molecule has 13 nitrogen and oxygen atoms in total. The molecule has 0 saturated carbocycles. The summed E-state index contributed by atoms with van der Waals surface area (Å²) in [7, 11) is 0. The molecular weight excluding hydrogens is 565 g/mol. The molecule has 0 unspecified atom stereocenters. The van der Waals surface area contributed by atoms with Crippen LogP contribution in [0.15, 0.2) is 0 Å². The minimum Gasteiger partial charge on any atom is -0.550 e. The summed E-state index contributed by atoms with van der Waals surface area (Å²) in [5.41, 5.74) is -2.97. The van der Waals surface area contributed by atoms with Crippen LogP contribution in [0.1, 0.15) is 84.0 Å². The van der Waals surface area contributed by atoms with Crippen LogP contribution in [0.5, 0.6) is 0 Å².